The second-order valence-electron chi connectivity index (χ2n) is 4.20. The molecule has 0 spiro atoms. The zero-order chi connectivity index (χ0) is 15.6. The third kappa shape index (κ3) is 3.84. The standard InChI is InChI=1S/C13H9BrCl2N2O3/c1-7-4-9(14)5-10(18(19)20)12(7)21-6-8-2-3-11(15)17-13(8)16/h2-5H,6H2,1H3. The minimum atomic E-state index is -0.491. The molecule has 110 valence electrons. The minimum Gasteiger partial charge on any atom is -0.482 e. The van der Waals surface area contributed by atoms with Crippen molar-refractivity contribution in [1.29, 1.82) is 0 Å². The average Bonchev–Trinajstić information content (AvgIpc) is 2.38. The fourth-order valence-electron chi connectivity index (χ4n) is 1.73. The molecule has 0 radical (unpaired) electrons. The molecule has 1 aromatic carbocycles. The summed E-state index contributed by atoms with van der Waals surface area (Å²) in [6.07, 6.45) is 0. The van der Waals surface area contributed by atoms with E-state index in [9.17, 15) is 10.1 Å². The summed E-state index contributed by atoms with van der Waals surface area (Å²) >= 11 is 14.9. The van der Waals surface area contributed by atoms with E-state index in [1.54, 1.807) is 25.1 Å². The number of nitrogens with zero attached hydrogens (tertiary/aromatic N) is 2. The van der Waals surface area contributed by atoms with Gasteiger partial charge in [-0.3, -0.25) is 10.1 Å². The SMILES string of the molecule is Cc1cc(Br)cc([N+](=O)[O-])c1OCc1ccc(Cl)nc1Cl. The molecule has 0 aliphatic rings. The molecule has 0 saturated carbocycles. The Morgan fingerprint density at radius 2 is 2.10 bits per heavy atom. The fourth-order valence-corrected chi connectivity index (χ4v) is 2.69. The summed E-state index contributed by atoms with van der Waals surface area (Å²) in [4.78, 5) is 14.5. The smallest absolute Gasteiger partial charge is 0.312 e. The Morgan fingerprint density at radius 3 is 2.71 bits per heavy atom. The minimum absolute atomic E-state index is 0.0618. The lowest BCUT2D eigenvalue weighted by Crippen LogP contribution is -2.02. The van der Waals surface area contributed by atoms with Crippen LogP contribution in [0.25, 0.3) is 0 Å². The number of nitro groups is 1. The molecule has 5 nitrogen and oxygen atoms in total. The lowest BCUT2D eigenvalue weighted by Gasteiger charge is -2.11. The van der Waals surface area contributed by atoms with Gasteiger partial charge in [0.05, 0.1) is 4.92 Å². The molecule has 0 saturated heterocycles. The van der Waals surface area contributed by atoms with Crippen molar-refractivity contribution < 1.29 is 9.66 Å². The molecular formula is C13H9BrCl2N2O3. The zero-order valence-corrected chi connectivity index (χ0v) is 13.9. The molecule has 21 heavy (non-hydrogen) atoms. The van der Waals surface area contributed by atoms with E-state index in [0.717, 1.165) is 0 Å². The number of aryl methyl sites for hydroxylation is 1. The van der Waals surface area contributed by atoms with Crippen LogP contribution >= 0.6 is 39.1 Å². The van der Waals surface area contributed by atoms with Gasteiger partial charge in [-0.25, -0.2) is 4.98 Å². The lowest BCUT2D eigenvalue weighted by molar-refractivity contribution is -0.386. The van der Waals surface area contributed by atoms with Crippen LogP contribution in [0.5, 0.6) is 5.75 Å². The molecule has 0 unspecified atom stereocenters. The summed E-state index contributed by atoms with van der Waals surface area (Å²) in [5.74, 6) is 0.203. The molecule has 0 aliphatic heterocycles. The number of rotatable bonds is 4. The van der Waals surface area contributed by atoms with Crippen molar-refractivity contribution in [3.8, 4) is 5.75 Å². The van der Waals surface area contributed by atoms with Crippen LogP contribution in [-0.4, -0.2) is 9.91 Å². The van der Waals surface area contributed by atoms with E-state index in [0.29, 0.717) is 15.6 Å². The normalized spacial score (nSPS) is 10.5. The molecule has 2 aromatic rings. The highest BCUT2D eigenvalue weighted by atomic mass is 79.9. The van der Waals surface area contributed by atoms with Gasteiger partial charge in [0.1, 0.15) is 16.9 Å². The Balaban J connectivity index is 2.29. The maximum absolute atomic E-state index is 11.1. The first kappa shape index (κ1) is 16.0. The van der Waals surface area contributed by atoms with Crippen LogP contribution < -0.4 is 4.74 Å². The molecule has 1 aromatic heterocycles. The number of halogens is 3. The van der Waals surface area contributed by atoms with E-state index in [1.807, 2.05) is 0 Å². The van der Waals surface area contributed by atoms with Crippen LogP contribution in [0.2, 0.25) is 10.3 Å². The highest BCUT2D eigenvalue weighted by Crippen LogP contribution is 2.35. The van der Waals surface area contributed by atoms with Crippen LogP contribution in [0, 0.1) is 17.0 Å². The van der Waals surface area contributed by atoms with Crippen molar-refractivity contribution in [1.82, 2.24) is 4.98 Å². The molecule has 0 N–H and O–H groups in total. The molecular weight excluding hydrogens is 383 g/mol. The van der Waals surface area contributed by atoms with Crippen molar-refractivity contribution in [2.24, 2.45) is 0 Å². The molecule has 1 heterocycles. The highest BCUT2D eigenvalue weighted by molar-refractivity contribution is 9.10. The fraction of sp³-hybridized carbons (Fsp3) is 0.154. The van der Waals surface area contributed by atoms with Crippen molar-refractivity contribution in [3.05, 3.63) is 60.3 Å². The van der Waals surface area contributed by atoms with E-state index in [2.05, 4.69) is 20.9 Å². The summed E-state index contributed by atoms with van der Waals surface area (Å²) < 4.78 is 6.18. The Morgan fingerprint density at radius 1 is 1.38 bits per heavy atom. The number of pyridine rings is 1. The summed E-state index contributed by atoms with van der Waals surface area (Å²) in [6.45, 7) is 1.79. The maximum atomic E-state index is 11.1. The number of hydrogen-bond donors (Lipinski definition) is 0. The average molecular weight is 392 g/mol. The monoisotopic (exact) mass is 390 g/mol. The van der Waals surface area contributed by atoms with Gasteiger partial charge in [0.15, 0.2) is 5.75 Å². The third-order valence-corrected chi connectivity index (χ3v) is 3.68. The third-order valence-electron chi connectivity index (χ3n) is 2.68. The predicted octanol–water partition coefficient (Wildman–Crippen LogP) is 4.95. The van der Waals surface area contributed by atoms with Crippen LogP contribution in [0.4, 0.5) is 5.69 Å². The molecule has 0 bridgehead atoms. The molecule has 0 amide bonds. The van der Waals surface area contributed by atoms with Crippen LogP contribution in [0.3, 0.4) is 0 Å². The van der Waals surface area contributed by atoms with Crippen molar-refractivity contribution >= 4 is 44.8 Å². The Bertz CT molecular complexity index is 710. The molecule has 0 aliphatic carbocycles. The topological polar surface area (TPSA) is 65.3 Å². The van der Waals surface area contributed by atoms with Crippen LogP contribution in [0.15, 0.2) is 28.7 Å². The number of benzene rings is 1. The molecule has 2 rings (SSSR count). The second kappa shape index (κ2) is 6.60. The summed E-state index contributed by atoms with van der Waals surface area (Å²) in [7, 11) is 0. The van der Waals surface area contributed by atoms with Gasteiger partial charge in [0.2, 0.25) is 0 Å². The van der Waals surface area contributed by atoms with E-state index >= 15 is 0 Å². The number of ether oxygens (including phenoxy) is 1. The van der Waals surface area contributed by atoms with E-state index in [4.69, 9.17) is 27.9 Å². The Hall–Kier alpha value is -1.37. The Labute approximate surface area is 139 Å². The Kier molecular flexibility index (Phi) is 5.03. The van der Waals surface area contributed by atoms with Gasteiger partial charge in [-0.2, -0.15) is 0 Å². The quantitative estimate of drug-likeness (QED) is 0.420. The highest BCUT2D eigenvalue weighted by Gasteiger charge is 2.19. The number of hydrogen-bond acceptors (Lipinski definition) is 4. The van der Waals surface area contributed by atoms with E-state index < -0.39 is 4.92 Å². The molecule has 8 heteroatoms. The maximum Gasteiger partial charge on any atom is 0.312 e. The zero-order valence-electron chi connectivity index (χ0n) is 10.8. The van der Waals surface area contributed by atoms with Gasteiger partial charge in [-0.1, -0.05) is 39.1 Å². The van der Waals surface area contributed by atoms with Gasteiger partial charge >= 0.3 is 5.69 Å². The van der Waals surface area contributed by atoms with Crippen molar-refractivity contribution in [2.75, 3.05) is 0 Å². The largest absolute Gasteiger partial charge is 0.482 e. The molecule has 0 atom stereocenters. The van der Waals surface area contributed by atoms with Gasteiger partial charge in [0.25, 0.3) is 0 Å². The van der Waals surface area contributed by atoms with Crippen molar-refractivity contribution in [2.45, 2.75) is 13.5 Å². The number of aromatic nitrogens is 1. The summed E-state index contributed by atoms with van der Waals surface area (Å²) in [5, 5.41) is 11.6. The van der Waals surface area contributed by atoms with Crippen LogP contribution in [0.1, 0.15) is 11.1 Å². The summed E-state index contributed by atoms with van der Waals surface area (Å²) in [5.41, 5.74) is 1.13. The van der Waals surface area contributed by atoms with E-state index in [-0.39, 0.29) is 28.3 Å². The van der Waals surface area contributed by atoms with Gasteiger partial charge in [-0.15, -0.1) is 0 Å². The second-order valence-corrected chi connectivity index (χ2v) is 5.86. The van der Waals surface area contributed by atoms with Gasteiger partial charge < -0.3 is 4.74 Å². The first-order valence-electron chi connectivity index (χ1n) is 5.76. The van der Waals surface area contributed by atoms with Crippen molar-refractivity contribution in [3.63, 3.8) is 0 Å². The van der Waals surface area contributed by atoms with E-state index in [1.165, 1.54) is 6.07 Å². The first-order chi connectivity index (χ1) is 9.88. The van der Waals surface area contributed by atoms with Gasteiger partial charge in [-0.05, 0) is 30.7 Å². The van der Waals surface area contributed by atoms with Crippen LogP contribution in [-0.2, 0) is 6.61 Å². The van der Waals surface area contributed by atoms with Gasteiger partial charge in [0, 0.05) is 16.1 Å². The summed E-state index contributed by atoms with van der Waals surface area (Å²) in [6, 6.07) is 6.38. The number of nitro benzene ring substituents is 1. The predicted molar refractivity (Wildman–Crippen MR) is 84.1 cm³/mol. The first-order valence-corrected chi connectivity index (χ1v) is 7.31. The molecule has 0 fully saturated rings. The lowest BCUT2D eigenvalue weighted by atomic mass is 10.2.